The van der Waals surface area contributed by atoms with E-state index in [1.165, 1.54) is 0 Å². The number of benzene rings is 2. The fourth-order valence-corrected chi connectivity index (χ4v) is 4.06. The Kier molecular flexibility index (Phi) is 7.35. The van der Waals surface area contributed by atoms with Crippen molar-refractivity contribution in [3.05, 3.63) is 89.9 Å². The van der Waals surface area contributed by atoms with Crippen LogP contribution in [0.4, 0.5) is 0 Å². The highest BCUT2D eigenvalue weighted by molar-refractivity contribution is 5.77. The van der Waals surface area contributed by atoms with Crippen LogP contribution in [0.15, 0.2) is 72.9 Å². The summed E-state index contributed by atoms with van der Waals surface area (Å²) in [7, 11) is 1.66. The molecule has 6 nitrogen and oxygen atoms in total. The fourth-order valence-electron chi connectivity index (χ4n) is 4.06. The number of ether oxygens (including phenoxy) is 1. The van der Waals surface area contributed by atoms with E-state index in [0.717, 1.165) is 46.7 Å². The van der Waals surface area contributed by atoms with Crippen LogP contribution >= 0.6 is 0 Å². The molecule has 0 aliphatic rings. The second-order valence-corrected chi connectivity index (χ2v) is 8.13. The van der Waals surface area contributed by atoms with Gasteiger partial charge in [-0.2, -0.15) is 0 Å². The van der Waals surface area contributed by atoms with E-state index in [2.05, 4.69) is 33.9 Å². The van der Waals surface area contributed by atoms with Gasteiger partial charge in [-0.25, -0.2) is 9.97 Å². The van der Waals surface area contributed by atoms with Gasteiger partial charge in [0.2, 0.25) is 5.91 Å². The number of carbonyl (C=O) groups is 1. The van der Waals surface area contributed by atoms with Crippen LogP contribution in [0.1, 0.15) is 49.2 Å². The Balaban J connectivity index is 1.49. The van der Waals surface area contributed by atoms with Crippen molar-refractivity contribution >= 4 is 17.1 Å². The molecule has 0 spiro atoms. The molecule has 0 radical (unpaired) electrons. The van der Waals surface area contributed by atoms with Crippen molar-refractivity contribution in [2.24, 2.45) is 0 Å². The number of fused-ring (bicyclic) bond motifs is 1. The Labute approximate surface area is 194 Å². The number of hydrogen-bond donors (Lipinski definition) is 1. The first-order chi connectivity index (χ1) is 16.2. The molecule has 0 saturated carbocycles. The summed E-state index contributed by atoms with van der Waals surface area (Å²) < 4.78 is 7.37. The number of imidazole rings is 1. The van der Waals surface area contributed by atoms with E-state index in [1.54, 1.807) is 13.3 Å². The number of nitrogens with one attached hydrogen (secondary N) is 1. The van der Waals surface area contributed by atoms with Crippen molar-refractivity contribution in [1.29, 1.82) is 0 Å². The fraction of sp³-hybridized carbons (Fsp3) is 0.296. The molecule has 0 fully saturated rings. The molecular formula is C27H30N4O2. The third kappa shape index (κ3) is 5.58. The second kappa shape index (κ2) is 10.8. The molecule has 0 unspecified atom stereocenters. The molecule has 33 heavy (non-hydrogen) atoms. The number of amides is 1. The Bertz CT molecular complexity index is 1190. The zero-order valence-electron chi connectivity index (χ0n) is 19.2. The van der Waals surface area contributed by atoms with Gasteiger partial charge < -0.3 is 14.6 Å². The molecular weight excluding hydrogens is 412 g/mol. The van der Waals surface area contributed by atoms with Gasteiger partial charge >= 0.3 is 0 Å². The van der Waals surface area contributed by atoms with Gasteiger partial charge in [0.05, 0.1) is 19.7 Å². The van der Waals surface area contributed by atoms with Crippen LogP contribution in [0.25, 0.3) is 11.2 Å². The standard InChI is InChI=1S/C27H30N4O2/c1-3-8-23(21-9-5-4-6-10-21)30-26(32)17-16-25-29-24-11-7-18-28-27(24)31(25)19-20-12-14-22(33-2)15-13-20/h4-7,9-15,18,23H,3,8,16-17,19H2,1-2H3,(H,30,32)/t23-/m0/s1. The molecule has 4 aromatic rings. The summed E-state index contributed by atoms with van der Waals surface area (Å²) in [5, 5.41) is 3.21. The van der Waals surface area contributed by atoms with Crippen LogP contribution in [-0.2, 0) is 17.8 Å². The molecule has 1 amide bonds. The van der Waals surface area contributed by atoms with E-state index in [-0.39, 0.29) is 11.9 Å². The lowest BCUT2D eigenvalue weighted by atomic mass is 10.0. The van der Waals surface area contributed by atoms with Gasteiger partial charge in [0.1, 0.15) is 17.1 Å². The number of pyridine rings is 1. The number of hydrogen-bond acceptors (Lipinski definition) is 4. The Hall–Kier alpha value is -3.67. The van der Waals surface area contributed by atoms with Gasteiger partial charge in [0.15, 0.2) is 5.65 Å². The summed E-state index contributed by atoms with van der Waals surface area (Å²) in [6, 6.07) is 22.0. The van der Waals surface area contributed by atoms with Crippen LogP contribution in [0.5, 0.6) is 5.75 Å². The summed E-state index contributed by atoms with van der Waals surface area (Å²) in [6.07, 6.45) is 4.62. The van der Waals surface area contributed by atoms with E-state index >= 15 is 0 Å². The van der Waals surface area contributed by atoms with Gasteiger partial charge in [0, 0.05) is 19.0 Å². The molecule has 0 aliphatic heterocycles. The van der Waals surface area contributed by atoms with E-state index < -0.39 is 0 Å². The topological polar surface area (TPSA) is 69.0 Å². The van der Waals surface area contributed by atoms with Crippen molar-refractivity contribution in [3.63, 3.8) is 0 Å². The number of aryl methyl sites for hydroxylation is 1. The SMILES string of the molecule is CCC[C@H](NC(=O)CCc1nc2cccnc2n1Cc1ccc(OC)cc1)c1ccccc1. The third-order valence-electron chi connectivity index (χ3n) is 5.77. The minimum absolute atomic E-state index is 0.0310. The maximum absolute atomic E-state index is 12.9. The number of carbonyl (C=O) groups excluding carboxylic acids is 1. The van der Waals surface area contributed by atoms with Crippen LogP contribution < -0.4 is 10.1 Å². The predicted octanol–water partition coefficient (Wildman–Crippen LogP) is 5.08. The number of rotatable bonds is 10. The van der Waals surface area contributed by atoms with E-state index in [0.29, 0.717) is 19.4 Å². The molecule has 1 N–H and O–H groups in total. The maximum Gasteiger partial charge on any atom is 0.220 e. The average Bonchev–Trinajstić information content (AvgIpc) is 3.21. The summed E-state index contributed by atoms with van der Waals surface area (Å²) >= 11 is 0. The summed E-state index contributed by atoms with van der Waals surface area (Å²) in [5.74, 6) is 1.72. The molecule has 170 valence electrons. The first kappa shape index (κ1) is 22.5. The zero-order chi connectivity index (χ0) is 23.0. The molecule has 6 heteroatoms. The normalized spacial score (nSPS) is 11.9. The smallest absolute Gasteiger partial charge is 0.220 e. The largest absolute Gasteiger partial charge is 0.497 e. The van der Waals surface area contributed by atoms with Crippen molar-refractivity contribution in [1.82, 2.24) is 19.9 Å². The second-order valence-electron chi connectivity index (χ2n) is 8.13. The molecule has 2 aromatic carbocycles. The van der Waals surface area contributed by atoms with E-state index in [4.69, 9.17) is 9.72 Å². The average molecular weight is 443 g/mol. The van der Waals surface area contributed by atoms with Crippen molar-refractivity contribution in [2.75, 3.05) is 7.11 Å². The van der Waals surface area contributed by atoms with Gasteiger partial charge in [-0.05, 0) is 41.8 Å². The molecule has 0 saturated heterocycles. The number of nitrogens with zero attached hydrogens (tertiary/aromatic N) is 3. The maximum atomic E-state index is 12.9. The molecule has 1 atom stereocenters. The summed E-state index contributed by atoms with van der Waals surface area (Å²) in [5.41, 5.74) is 3.94. The Morgan fingerprint density at radius 2 is 1.85 bits per heavy atom. The number of aromatic nitrogens is 3. The Morgan fingerprint density at radius 1 is 1.06 bits per heavy atom. The van der Waals surface area contributed by atoms with Gasteiger partial charge in [-0.1, -0.05) is 55.8 Å². The Morgan fingerprint density at radius 3 is 2.58 bits per heavy atom. The molecule has 2 heterocycles. The summed E-state index contributed by atoms with van der Waals surface area (Å²) in [6.45, 7) is 2.77. The van der Waals surface area contributed by atoms with Gasteiger partial charge in [-0.15, -0.1) is 0 Å². The molecule has 4 rings (SSSR count). The highest BCUT2D eigenvalue weighted by atomic mass is 16.5. The van der Waals surface area contributed by atoms with E-state index in [9.17, 15) is 4.79 Å². The minimum Gasteiger partial charge on any atom is -0.497 e. The lowest BCUT2D eigenvalue weighted by Crippen LogP contribution is -2.29. The molecule has 0 aliphatic carbocycles. The molecule has 0 bridgehead atoms. The van der Waals surface area contributed by atoms with Crippen molar-refractivity contribution < 1.29 is 9.53 Å². The third-order valence-corrected chi connectivity index (χ3v) is 5.77. The highest BCUT2D eigenvalue weighted by Gasteiger charge is 2.17. The summed E-state index contributed by atoms with van der Waals surface area (Å²) in [4.78, 5) is 22.2. The van der Waals surface area contributed by atoms with Crippen LogP contribution in [0, 0.1) is 0 Å². The van der Waals surface area contributed by atoms with Crippen molar-refractivity contribution in [2.45, 2.75) is 45.2 Å². The quantitative estimate of drug-likeness (QED) is 0.372. The first-order valence-corrected chi connectivity index (χ1v) is 11.4. The lowest BCUT2D eigenvalue weighted by Gasteiger charge is -2.18. The van der Waals surface area contributed by atoms with E-state index in [1.807, 2.05) is 54.6 Å². The zero-order valence-corrected chi connectivity index (χ0v) is 19.2. The van der Waals surface area contributed by atoms with Crippen LogP contribution in [-0.4, -0.2) is 27.6 Å². The number of methoxy groups -OCH3 is 1. The predicted molar refractivity (Wildman–Crippen MR) is 130 cm³/mol. The highest BCUT2D eigenvalue weighted by Crippen LogP contribution is 2.21. The van der Waals surface area contributed by atoms with Crippen LogP contribution in [0.3, 0.4) is 0 Å². The first-order valence-electron chi connectivity index (χ1n) is 11.4. The molecule has 2 aromatic heterocycles. The van der Waals surface area contributed by atoms with Gasteiger partial charge in [-0.3, -0.25) is 4.79 Å². The van der Waals surface area contributed by atoms with Crippen molar-refractivity contribution in [3.8, 4) is 5.75 Å². The van der Waals surface area contributed by atoms with Gasteiger partial charge in [0.25, 0.3) is 0 Å². The minimum atomic E-state index is 0.0310. The lowest BCUT2D eigenvalue weighted by molar-refractivity contribution is -0.121. The van der Waals surface area contributed by atoms with Crippen LogP contribution in [0.2, 0.25) is 0 Å². The monoisotopic (exact) mass is 442 g/mol.